The molecular weight excluding hydrogens is 386 g/mol. The molecule has 2 saturated heterocycles. The molecule has 0 saturated carbocycles. The lowest BCUT2D eigenvalue weighted by atomic mass is 9.96. The number of hydrogen-bond acceptors (Lipinski definition) is 6. The van der Waals surface area contributed by atoms with E-state index in [9.17, 15) is 5.11 Å². The van der Waals surface area contributed by atoms with Crippen molar-refractivity contribution in [3.63, 3.8) is 0 Å². The number of aliphatic hydroxyl groups is 1. The van der Waals surface area contributed by atoms with Crippen LogP contribution in [0.5, 0.6) is 0 Å². The zero-order valence-electron chi connectivity index (χ0n) is 19.4. The van der Waals surface area contributed by atoms with Crippen LogP contribution < -0.4 is 15.1 Å². The highest BCUT2D eigenvalue weighted by Crippen LogP contribution is 2.28. The van der Waals surface area contributed by atoms with Gasteiger partial charge in [-0.3, -0.25) is 4.98 Å². The van der Waals surface area contributed by atoms with Crippen molar-refractivity contribution in [2.75, 3.05) is 43.0 Å². The highest BCUT2D eigenvalue weighted by Gasteiger charge is 2.24. The van der Waals surface area contributed by atoms with Crippen LogP contribution in [-0.2, 0) is 6.42 Å². The molecule has 0 aromatic carbocycles. The fourth-order valence-electron chi connectivity index (χ4n) is 4.68. The Morgan fingerprint density at radius 2 is 1.87 bits per heavy atom. The van der Waals surface area contributed by atoms with Gasteiger partial charge in [0.15, 0.2) is 0 Å². The summed E-state index contributed by atoms with van der Waals surface area (Å²) in [6.07, 6.45) is 4.71. The summed E-state index contributed by atoms with van der Waals surface area (Å²) >= 11 is 0. The second kappa shape index (κ2) is 9.53. The summed E-state index contributed by atoms with van der Waals surface area (Å²) < 4.78 is 0. The minimum atomic E-state index is -0.214. The fourth-order valence-corrected chi connectivity index (χ4v) is 4.68. The molecule has 2 N–H and O–H groups in total. The smallest absolute Gasteiger partial charge is 0.129 e. The Balaban J connectivity index is 1.48. The number of anilines is 2. The number of hydrogen-bond donors (Lipinski definition) is 2. The Morgan fingerprint density at radius 3 is 2.48 bits per heavy atom. The molecule has 2 aromatic rings. The van der Waals surface area contributed by atoms with Crippen molar-refractivity contribution in [1.29, 1.82) is 0 Å². The third kappa shape index (κ3) is 5.18. The first kappa shape index (κ1) is 22.0. The van der Waals surface area contributed by atoms with E-state index in [-0.39, 0.29) is 6.10 Å². The van der Waals surface area contributed by atoms with Crippen LogP contribution in [0.25, 0.3) is 0 Å². The second-order valence-electron chi connectivity index (χ2n) is 9.57. The minimum Gasteiger partial charge on any atom is -0.391 e. The van der Waals surface area contributed by atoms with Gasteiger partial charge in [0, 0.05) is 49.5 Å². The summed E-state index contributed by atoms with van der Waals surface area (Å²) in [7, 11) is 2.05. The van der Waals surface area contributed by atoms with Crippen LogP contribution in [0.3, 0.4) is 0 Å². The lowest BCUT2D eigenvalue weighted by molar-refractivity contribution is 0.198. The summed E-state index contributed by atoms with van der Waals surface area (Å²) in [5, 5.41) is 13.2. The predicted octanol–water partition coefficient (Wildman–Crippen LogP) is 3.32. The lowest BCUT2D eigenvalue weighted by Gasteiger charge is -2.22. The Bertz CT molecular complexity index is 869. The predicted molar refractivity (Wildman–Crippen MR) is 127 cm³/mol. The van der Waals surface area contributed by atoms with Crippen LogP contribution in [0.2, 0.25) is 0 Å². The number of nitrogens with zero attached hydrogens (tertiary/aromatic N) is 4. The molecule has 4 heterocycles. The molecule has 0 amide bonds. The van der Waals surface area contributed by atoms with Crippen LogP contribution in [0, 0.1) is 0 Å². The van der Waals surface area contributed by atoms with Crippen molar-refractivity contribution >= 4 is 11.5 Å². The van der Waals surface area contributed by atoms with E-state index < -0.39 is 0 Å². The molecule has 168 valence electrons. The standard InChI is InChI=1S/C25H37N5O/c1-17(2)24-12-19(13-25(28-24)30-9-7-20(15-30)26-4)11-18(3)23-6-5-21(14-27-23)29-10-8-22(31)16-29/h5-6,12-14,17-18,20,22,26,31H,7-11,15-16H2,1-4H3/t18?,20?,22-/m1/s1. The molecule has 0 radical (unpaired) electrons. The average molecular weight is 424 g/mol. The Morgan fingerprint density at radius 1 is 1.06 bits per heavy atom. The van der Waals surface area contributed by atoms with Crippen molar-refractivity contribution in [3.8, 4) is 0 Å². The highest BCUT2D eigenvalue weighted by atomic mass is 16.3. The maximum absolute atomic E-state index is 9.78. The summed E-state index contributed by atoms with van der Waals surface area (Å²) in [4.78, 5) is 14.4. The molecule has 0 aliphatic carbocycles. The molecule has 4 rings (SSSR count). The molecule has 0 bridgehead atoms. The van der Waals surface area contributed by atoms with Crippen molar-refractivity contribution in [2.24, 2.45) is 0 Å². The first-order valence-electron chi connectivity index (χ1n) is 11.7. The molecule has 6 heteroatoms. The number of pyridine rings is 2. The summed E-state index contributed by atoms with van der Waals surface area (Å²) in [5.74, 6) is 1.85. The zero-order valence-corrected chi connectivity index (χ0v) is 19.4. The summed E-state index contributed by atoms with van der Waals surface area (Å²) in [6.45, 7) is 10.4. The van der Waals surface area contributed by atoms with Crippen LogP contribution in [0.1, 0.15) is 62.4 Å². The van der Waals surface area contributed by atoms with Crippen molar-refractivity contribution in [1.82, 2.24) is 15.3 Å². The molecule has 31 heavy (non-hydrogen) atoms. The lowest BCUT2D eigenvalue weighted by Crippen LogP contribution is -2.30. The van der Waals surface area contributed by atoms with Crippen LogP contribution >= 0.6 is 0 Å². The van der Waals surface area contributed by atoms with E-state index in [1.54, 1.807) is 0 Å². The third-order valence-corrected chi connectivity index (χ3v) is 6.75. The molecule has 2 aliphatic heterocycles. The van der Waals surface area contributed by atoms with E-state index in [0.29, 0.717) is 24.4 Å². The topological polar surface area (TPSA) is 64.5 Å². The quantitative estimate of drug-likeness (QED) is 0.712. The summed E-state index contributed by atoms with van der Waals surface area (Å²) in [5.41, 5.74) is 4.73. The number of aliphatic hydroxyl groups excluding tert-OH is 1. The van der Waals surface area contributed by atoms with Gasteiger partial charge in [-0.1, -0.05) is 20.8 Å². The number of nitrogens with one attached hydrogen (secondary N) is 1. The van der Waals surface area contributed by atoms with Gasteiger partial charge in [0.25, 0.3) is 0 Å². The maximum Gasteiger partial charge on any atom is 0.129 e. The third-order valence-electron chi connectivity index (χ3n) is 6.75. The van der Waals surface area contributed by atoms with Gasteiger partial charge in [0.05, 0.1) is 18.0 Å². The number of β-amino-alcohol motifs (C(OH)–C–C–N with tert-alkyl or cyclic N) is 1. The van der Waals surface area contributed by atoms with Crippen LogP contribution in [-0.4, -0.2) is 60.4 Å². The van der Waals surface area contributed by atoms with Crippen molar-refractivity contribution < 1.29 is 5.11 Å². The molecule has 6 nitrogen and oxygen atoms in total. The van der Waals surface area contributed by atoms with Crippen molar-refractivity contribution in [3.05, 3.63) is 47.4 Å². The van der Waals surface area contributed by atoms with Gasteiger partial charge in [-0.2, -0.15) is 0 Å². The van der Waals surface area contributed by atoms with E-state index in [4.69, 9.17) is 9.97 Å². The van der Waals surface area contributed by atoms with E-state index in [1.165, 1.54) is 17.7 Å². The Kier molecular flexibility index (Phi) is 6.77. The molecule has 2 aromatic heterocycles. The van der Waals surface area contributed by atoms with Gasteiger partial charge in [0.1, 0.15) is 5.82 Å². The normalized spacial score (nSPS) is 22.5. The monoisotopic (exact) mass is 423 g/mol. The zero-order chi connectivity index (χ0) is 22.0. The van der Waals surface area contributed by atoms with E-state index in [0.717, 1.165) is 49.7 Å². The SMILES string of the molecule is CNC1CCN(c2cc(CC(C)c3ccc(N4CC[C@@H](O)C4)cn3)cc(C(C)C)n2)C1. The molecule has 3 atom stereocenters. The number of likely N-dealkylation sites (N-methyl/N-ethyl adjacent to an activating group) is 1. The molecular formula is C25H37N5O. The Hall–Kier alpha value is -2.18. The molecule has 2 unspecified atom stereocenters. The van der Waals surface area contributed by atoms with E-state index >= 15 is 0 Å². The molecule has 2 aliphatic rings. The second-order valence-corrected chi connectivity index (χ2v) is 9.57. The van der Waals surface area contributed by atoms with E-state index in [1.807, 2.05) is 13.2 Å². The Labute approximate surface area is 186 Å². The first-order valence-corrected chi connectivity index (χ1v) is 11.7. The van der Waals surface area contributed by atoms with Gasteiger partial charge in [-0.15, -0.1) is 0 Å². The van der Waals surface area contributed by atoms with Gasteiger partial charge < -0.3 is 20.2 Å². The molecule has 2 fully saturated rings. The molecule has 0 spiro atoms. The first-order chi connectivity index (χ1) is 14.9. The van der Waals surface area contributed by atoms with Crippen molar-refractivity contribution in [2.45, 2.75) is 64.0 Å². The van der Waals surface area contributed by atoms with Gasteiger partial charge in [-0.05, 0) is 62.1 Å². The maximum atomic E-state index is 9.78. The van der Waals surface area contributed by atoms with Gasteiger partial charge in [0.2, 0.25) is 0 Å². The van der Waals surface area contributed by atoms with Crippen LogP contribution in [0.15, 0.2) is 30.5 Å². The fraction of sp³-hybridized carbons (Fsp3) is 0.600. The minimum absolute atomic E-state index is 0.214. The van der Waals surface area contributed by atoms with Gasteiger partial charge >= 0.3 is 0 Å². The number of rotatable bonds is 7. The summed E-state index contributed by atoms with van der Waals surface area (Å²) in [6, 6.07) is 9.40. The van der Waals surface area contributed by atoms with E-state index in [2.05, 4.69) is 60.2 Å². The van der Waals surface area contributed by atoms with Gasteiger partial charge in [-0.25, -0.2) is 4.98 Å². The average Bonchev–Trinajstić information content (AvgIpc) is 3.42. The number of aromatic nitrogens is 2. The highest BCUT2D eigenvalue weighted by molar-refractivity contribution is 5.47. The van der Waals surface area contributed by atoms with Crippen LogP contribution in [0.4, 0.5) is 11.5 Å². The largest absolute Gasteiger partial charge is 0.391 e.